The number of carbonyl (C=O) groups excluding carboxylic acids is 1. The lowest BCUT2D eigenvalue weighted by atomic mass is 10.0. The molecule has 1 aromatic carbocycles. The van der Waals surface area contributed by atoms with Crippen LogP contribution in [0.25, 0.3) is 0 Å². The molecule has 0 bridgehead atoms. The quantitative estimate of drug-likeness (QED) is 0.881. The third-order valence-corrected chi connectivity index (χ3v) is 2.79. The fraction of sp³-hybridized carbons (Fsp3) is 0.300. The highest BCUT2D eigenvalue weighted by atomic mass is 35.5. The lowest BCUT2D eigenvalue weighted by molar-refractivity contribution is -0.184. The molecule has 18 heavy (non-hydrogen) atoms. The van der Waals surface area contributed by atoms with Gasteiger partial charge in [-0.15, -0.1) is 0 Å². The summed E-state index contributed by atoms with van der Waals surface area (Å²) in [4.78, 5) is 11.5. The summed E-state index contributed by atoms with van der Waals surface area (Å²) in [5, 5.41) is 2.33. The predicted octanol–water partition coefficient (Wildman–Crippen LogP) is 3.21. The topological polar surface area (TPSA) is 55.1 Å². The Labute approximate surface area is 111 Å². The summed E-state index contributed by atoms with van der Waals surface area (Å²) >= 11 is 11.3. The smallest absolute Gasteiger partial charge is 0.323 e. The van der Waals surface area contributed by atoms with Crippen molar-refractivity contribution >= 4 is 34.8 Å². The van der Waals surface area contributed by atoms with E-state index in [1.54, 1.807) is 0 Å². The molecule has 8 heteroatoms. The average Bonchev–Trinajstić information content (AvgIpc) is 2.20. The van der Waals surface area contributed by atoms with Gasteiger partial charge in [0.25, 0.3) is 5.91 Å². The molecule has 1 amide bonds. The van der Waals surface area contributed by atoms with E-state index in [2.05, 4.69) is 0 Å². The van der Waals surface area contributed by atoms with Crippen molar-refractivity contribution in [1.82, 2.24) is 0 Å². The summed E-state index contributed by atoms with van der Waals surface area (Å²) in [5.41, 5.74) is 1.96. The Morgan fingerprint density at radius 3 is 2.33 bits per heavy atom. The first-order valence-corrected chi connectivity index (χ1v) is 5.43. The molecule has 0 aliphatic carbocycles. The Morgan fingerprint density at radius 1 is 1.33 bits per heavy atom. The monoisotopic (exact) mass is 300 g/mol. The molecule has 1 rings (SSSR count). The minimum Gasteiger partial charge on any atom is -0.323 e. The van der Waals surface area contributed by atoms with Crippen molar-refractivity contribution in [3.8, 4) is 0 Å². The second kappa shape index (κ2) is 4.95. The molecule has 1 atom stereocenters. The summed E-state index contributed by atoms with van der Waals surface area (Å²) in [7, 11) is 0. The number of carbonyl (C=O) groups is 1. The first-order chi connectivity index (χ1) is 8.05. The zero-order valence-corrected chi connectivity index (χ0v) is 10.6. The standard InChI is InChI=1S/C10H9Cl2F3N2O/c1-9(16,10(13,14)15)8(18)17-7-3-2-5(11)4-6(7)12/h2-4H,16H2,1H3,(H,17,18). The third-order valence-electron chi connectivity index (χ3n) is 2.24. The number of nitrogens with two attached hydrogens (primary N) is 1. The van der Waals surface area contributed by atoms with E-state index in [-0.39, 0.29) is 10.7 Å². The highest BCUT2D eigenvalue weighted by molar-refractivity contribution is 6.36. The highest BCUT2D eigenvalue weighted by Gasteiger charge is 2.54. The van der Waals surface area contributed by atoms with Gasteiger partial charge in [-0.25, -0.2) is 0 Å². The second-order valence-corrected chi connectivity index (χ2v) is 4.62. The van der Waals surface area contributed by atoms with Gasteiger partial charge in [-0.1, -0.05) is 23.2 Å². The van der Waals surface area contributed by atoms with Crippen LogP contribution in [0, 0.1) is 0 Å². The Morgan fingerprint density at radius 2 is 1.89 bits per heavy atom. The van der Waals surface area contributed by atoms with E-state index >= 15 is 0 Å². The van der Waals surface area contributed by atoms with Crippen LogP contribution in [0.4, 0.5) is 18.9 Å². The van der Waals surface area contributed by atoms with Crippen molar-refractivity contribution in [3.05, 3.63) is 28.2 Å². The number of benzene rings is 1. The molecule has 0 aliphatic heterocycles. The van der Waals surface area contributed by atoms with Gasteiger partial charge in [0.05, 0.1) is 10.7 Å². The van der Waals surface area contributed by atoms with Gasteiger partial charge in [-0.2, -0.15) is 13.2 Å². The van der Waals surface area contributed by atoms with Crippen LogP contribution in [-0.4, -0.2) is 17.6 Å². The SMILES string of the molecule is CC(N)(C(=O)Nc1ccc(Cl)cc1Cl)C(F)(F)F. The maximum atomic E-state index is 12.5. The largest absolute Gasteiger partial charge is 0.415 e. The Bertz CT molecular complexity index is 475. The van der Waals surface area contributed by atoms with E-state index in [9.17, 15) is 18.0 Å². The summed E-state index contributed by atoms with van der Waals surface area (Å²) in [6.07, 6.45) is -4.87. The van der Waals surface area contributed by atoms with Crippen LogP contribution < -0.4 is 11.1 Å². The van der Waals surface area contributed by atoms with Crippen molar-refractivity contribution in [3.63, 3.8) is 0 Å². The fourth-order valence-electron chi connectivity index (χ4n) is 0.972. The molecule has 0 aromatic heterocycles. The molecule has 1 aromatic rings. The lowest BCUT2D eigenvalue weighted by Crippen LogP contribution is -2.59. The Balaban J connectivity index is 2.95. The third kappa shape index (κ3) is 3.07. The molecule has 100 valence electrons. The number of rotatable bonds is 2. The number of amides is 1. The van der Waals surface area contributed by atoms with Gasteiger partial charge in [0.1, 0.15) is 0 Å². The molecule has 0 radical (unpaired) electrons. The molecule has 3 N–H and O–H groups in total. The molecule has 0 fully saturated rings. The number of halogens is 5. The van der Waals surface area contributed by atoms with Crippen LogP contribution in [0.3, 0.4) is 0 Å². The van der Waals surface area contributed by atoms with Crippen molar-refractivity contribution in [2.75, 3.05) is 5.32 Å². The van der Waals surface area contributed by atoms with E-state index in [4.69, 9.17) is 28.9 Å². The first kappa shape index (κ1) is 15.1. The number of hydrogen-bond donors (Lipinski definition) is 2. The molecule has 0 heterocycles. The first-order valence-electron chi connectivity index (χ1n) is 4.68. The van der Waals surface area contributed by atoms with Crippen molar-refractivity contribution in [2.45, 2.75) is 18.6 Å². The Kier molecular flexibility index (Phi) is 4.15. The van der Waals surface area contributed by atoms with E-state index in [1.165, 1.54) is 18.2 Å². The minimum absolute atomic E-state index is 0.00647. The van der Waals surface area contributed by atoms with Gasteiger partial charge in [0, 0.05) is 5.02 Å². The second-order valence-electron chi connectivity index (χ2n) is 3.78. The molecular formula is C10H9Cl2F3N2O. The zero-order chi connectivity index (χ0) is 14.1. The molecule has 3 nitrogen and oxygen atoms in total. The van der Waals surface area contributed by atoms with Crippen molar-refractivity contribution in [2.24, 2.45) is 5.73 Å². The van der Waals surface area contributed by atoms with E-state index in [0.717, 1.165) is 0 Å². The molecule has 0 spiro atoms. The van der Waals surface area contributed by atoms with Crippen molar-refractivity contribution < 1.29 is 18.0 Å². The highest BCUT2D eigenvalue weighted by Crippen LogP contribution is 2.31. The van der Waals surface area contributed by atoms with Crippen LogP contribution in [0.15, 0.2) is 18.2 Å². The lowest BCUT2D eigenvalue weighted by Gasteiger charge is -2.26. The summed E-state index contributed by atoms with van der Waals surface area (Å²) in [6.45, 7) is 0.576. The normalized spacial score (nSPS) is 15.1. The van der Waals surface area contributed by atoms with Crippen LogP contribution in [0.5, 0.6) is 0 Å². The molecule has 0 saturated carbocycles. The maximum Gasteiger partial charge on any atom is 0.415 e. The summed E-state index contributed by atoms with van der Waals surface area (Å²) < 4.78 is 37.5. The fourth-order valence-corrected chi connectivity index (χ4v) is 1.43. The van der Waals surface area contributed by atoms with Gasteiger partial charge in [-0.05, 0) is 25.1 Å². The van der Waals surface area contributed by atoms with Crippen molar-refractivity contribution in [1.29, 1.82) is 0 Å². The van der Waals surface area contributed by atoms with Gasteiger partial charge < -0.3 is 11.1 Å². The van der Waals surface area contributed by atoms with E-state index in [0.29, 0.717) is 11.9 Å². The predicted molar refractivity (Wildman–Crippen MR) is 63.7 cm³/mol. The van der Waals surface area contributed by atoms with E-state index in [1.807, 2.05) is 5.32 Å². The molecule has 1 unspecified atom stereocenters. The van der Waals surface area contributed by atoms with Gasteiger partial charge in [-0.3, -0.25) is 4.79 Å². The summed E-state index contributed by atoms with van der Waals surface area (Å²) in [5.74, 6) is -1.40. The van der Waals surface area contributed by atoms with Crippen LogP contribution in [0.1, 0.15) is 6.92 Å². The van der Waals surface area contributed by atoms with Gasteiger partial charge >= 0.3 is 6.18 Å². The molecule has 0 saturated heterocycles. The Hall–Kier alpha value is -0.980. The maximum absolute atomic E-state index is 12.5. The minimum atomic E-state index is -4.87. The van der Waals surface area contributed by atoms with E-state index < -0.39 is 17.6 Å². The molecule has 0 aliphatic rings. The van der Waals surface area contributed by atoms with Gasteiger partial charge in [0.2, 0.25) is 0 Å². The number of nitrogens with one attached hydrogen (secondary N) is 1. The number of alkyl halides is 3. The zero-order valence-electron chi connectivity index (χ0n) is 9.11. The average molecular weight is 301 g/mol. The van der Waals surface area contributed by atoms with Crippen LogP contribution in [-0.2, 0) is 4.79 Å². The molecular weight excluding hydrogens is 292 g/mol. The number of anilines is 1. The van der Waals surface area contributed by atoms with Gasteiger partial charge in [0.15, 0.2) is 5.54 Å². The van der Waals surface area contributed by atoms with Crippen LogP contribution in [0.2, 0.25) is 10.0 Å². The summed E-state index contributed by atoms with van der Waals surface area (Å²) in [6, 6.07) is 3.96. The number of hydrogen-bond acceptors (Lipinski definition) is 2. The van der Waals surface area contributed by atoms with Crippen LogP contribution >= 0.6 is 23.2 Å².